The zero-order valence-corrected chi connectivity index (χ0v) is 4.80. The lowest BCUT2D eigenvalue weighted by Gasteiger charge is -2.03. The number of rotatable bonds is 2. The Morgan fingerprint density at radius 1 is 1.67 bits per heavy atom. The highest BCUT2D eigenvalue weighted by Crippen LogP contribution is 1.95. The fourth-order valence-corrected chi connectivity index (χ4v) is 0.195. The molecule has 9 heavy (non-hydrogen) atoms. The monoisotopic (exact) mass is 139 g/mol. The Bertz CT molecular complexity index is 105. The van der Waals surface area contributed by atoms with E-state index in [1.807, 2.05) is 0 Å². The van der Waals surface area contributed by atoms with E-state index in [0.29, 0.717) is 0 Å². The van der Waals surface area contributed by atoms with Crippen LogP contribution < -0.4 is 5.73 Å². The molecule has 0 saturated carbocycles. The van der Waals surface area contributed by atoms with E-state index >= 15 is 0 Å². The molecular weight excluding hydrogens is 132 g/mol. The van der Waals surface area contributed by atoms with Crippen LogP contribution in [0.4, 0.5) is 8.78 Å². The van der Waals surface area contributed by atoms with Crippen molar-refractivity contribution >= 4 is 5.97 Å². The SMILES string of the molecule is C[C@H](N)C(=O)OC(F)F. The molecule has 0 fully saturated rings. The molecule has 0 rings (SSSR count). The molecule has 0 aromatic carbocycles. The third-order valence-electron chi connectivity index (χ3n) is 0.577. The molecule has 0 amide bonds. The van der Waals surface area contributed by atoms with Gasteiger partial charge in [0.05, 0.1) is 0 Å². The highest BCUT2D eigenvalue weighted by atomic mass is 19.3. The fraction of sp³-hybridized carbons (Fsp3) is 0.750. The minimum atomic E-state index is -3.07. The summed E-state index contributed by atoms with van der Waals surface area (Å²) in [5.74, 6) is -1.09. The molecule has 2 N–H and O–H groups in total. The lowest BCUT2D eigenvalue weighted by molar-refractivity contribution is -0.177. The van der Waals surface area contributed by atoms with Gasteiger partial charge in [-0.2, -0.15) is 8.78 Å². The average Bonchev–Trinajstić information content (AvgIpc) is 1.63. The van der Waals surface area contributed by atoms with E-state index in [1.54, 1.807) is 0 Å². The number of alkyl halides is 2. The summed E-state index contributed by atoms with van der Waals surface area (Å²) >= 11 is 0. The molecule has 5 heteroatoms. The summed E-state index contributed by atoms with van der Waals surface area (Å²) in [5, 5.41) is 0. The van der Waals surface area contributed by atoms with Gasteiger partial charge in [0, 0.05) is 0 Å². The van der Waals surface area contributed by atoms with Crippen LogP contribution in [0.2, 0.25) is 0 Å². The number of hydrogen-bond donors (Lipinski definition) is 1. The van der Waals surface area contributed by atoms with Gasteiger partial charge in [-0.15, -0.1) is 0 Å². The first-order valence-corrected chi connectivity index (χ1v) is 2.28. The molecule has 0 aliphatic heterocycles. The maximum absolute atomic E-state index is 11.1. The molecule has 3 nitrogen and oxygen atoms in total. The minimum Gasteiger partial charge on any atom is -0.402 e. The molecule has 0 unspecified atom stereocenters. The lowest BCUT2D eigenvalue weighted by Crippen LogP contribution is -2.30. The number of ether oxygens (including phenoxy) is 1. The fourth-order valence-electron chi connectivity index (χ4n) is 0.195. The second kappa shape index (κ2) is 3.34. The van der Waals surface area contributed by atoms with Crippen molar-refractivity contribution in [2.75, 3.05) is 0 Å². The van der Waals surface area contributed by atoms with Crippen molar-refractivity contribution in [1.29, 1.82) is 0 Å². The van der Waals surface area contributed by atoms with Crippen molar-refractivity contribution in [2.24, 2.45) is 5.73 Å². The quantitative estimate of drug-likeness (QED) is 0.552. The maximum Gasteiger partial charge on any atom is 0.389 e. The molecule has 0 aliphatic rings. The number of carbonyl (C=O) groups is 1. The second-order valence-corrected chi connectivity index (χ2v) is 1.49. The van der Waals surface area contributed by atoms with Gasteiger partial charge in [-0.25, -0.2) is 0 Å². The van der Waals surface area contributed by atoms with Crippen LogP contribution in [-0.2, 0) is 9.53 Å². The zero-order valence-electron chi connectivity index (χ0n) is 4.80. The van der Waals surface area contributed by atoms with Gasteiger partial charge in [-0.3, -0.25) is 4.79 Å². The first-order valence-electron chi connectivity index (χ1n) is 2.28. The van der Waals surface area contributed by atoms with Crippen LogP contribution in [0.15, 0.2) is 0 Å². The molecule has 0 heterocycles. The highest BCUT2D eigenvalue weighted by molar-refractivity contribution is 5.74. The molecular formula is C4H7F2NO2. The van der Waals surface area contributed by atoms with Gasteiger partial charge in [0.2, 0.25) is 0 Å². The van der Waals surface area contributed by atoms with E-state index in [-0.39, 0.29) is 0 Å². The Morgan fingerprint density at radius 2 is 2.11 bits per heavy atom. The van der Waals surface area contributed by atoms with Crippen LogP contribution in [-0.4, -0.2) is 18.6 Å². The first kappa shape index (κ1) is 8.29. The Kier molecular flexibility index (Phi) is 3.08. The third kappa shape index (κ3) is 3.84. The van der Waals surface area contributed by atoms with Crippen LogP contribution >= 0.6 is 0 Å². The number of carbonyl (C=O) groups excluding carboxylic acids is 1. The summed E-state index contributed by atoms with van der Waals surface area (Å²) in [4.78, 5) is 10.1. The summed E-state index contributed by atoms with van der Waals surface area (Å²) in [6, 6.07) is -0.987. The predicted molar refractivity (Wildman–Crippen MR) is 25.7 cm³/mol. The maximum atomic E-state index is 11.1. The van der Waals surface area contributed by atoms with Crippen molar-refractivity contribution in [3.05, 3.63) is 0 Å². The van der Waals surface area contributed by atoms with Crippen LogP contribution in [0.1, 0.15) is 6.92 Å². The molecule has 0 saturated heterocycles. The number of nitrogens with two attached hydrogens (primary N) is 1. The van der Waals surface area contributed by atoms with Gasteiger partial charge < -0.3 is 10.5 Å². The van der Waals surface area contributed by atoms with E-state index in [2.05, 4.69) is 4.74 Å². The molecule has 1 atom stereocenters. The van der Waals surface area contributed by atoms with E-state index in [4.69, 9.17) is 5.73 Å². The molecule has 0 aliphatic carbocycles. The van der Waals surface area contributed by atoms with Gasteiger partial charge in [0.25, 0.3) is 0 Å². The smallest absolute Gasteiger partial charge is 0.389 e. The molecule has 0 radical (unpaired) electrons. The summed E-state index contributed by atoms with van der Waals surface area (Å²) in [6.45, 7) is -1.80. The summed E-state index contributed by atoms with van der Waals surface area (Å²) in [6.07, 6.45) is 0. The summed E-state index contributed by atoms with van der Waals surface area (Å²) in [7, 11) is 0. The Balaban J connectivity index is 3.51. The molecule has 54 valence electrons. The highest BCUT2D eigenvalue weighted by Gasteiger charge is 2.13. The van der Waals surface area contributed by atoms with Crippen molar-refractivity contribution in [3.63, 3.8) is 0 Å². The Labute approximate surface area is 50.8 Å². The minimum absolute atomic E-state index is 0.987. The normalized spacial score (nSPS) is 13.4. The van der Waals surface area contributed by atoms with Gasteiger partial charge in [0.1, 0.15) is 6.04 Å². The van der Waals surface area contributed by atoms with E-state index < -0.39 is 18.6 Å². The standard InChI is InChI=1S/C4H7F2NO2/c1-2(7)3(8)9-4(5)6/h2,4H,7H2,1H3/t2-/m0/s1. The zero-order chi connectivity index (χ0) is 7.44. The van der Waals surface area contributed by atoms with Crippen molar-refractivity contribution in [1.82, 2.24) is 0 Å². The Morgan fingerprint density at radius 3 is 2.22 bits per heavy atom. The first-order chi connectivity index (χ1) is 4.04. The van der Waals surface area contributed by atoms with Crippen LogP contribution in [0.25, 0.3) is 0 Å². The van der Waals surface area contributed by atoms with E-state index in [1.165, 1.54) is 6.92 Å². The van der Waals surface area contributed by atoms with E-state index in [0.717, 1.165) is 0 Å². The third-order valence-corrected chi connectivity index (χ3v) is 0.577. The van der Waals surface area contributed by atoms with Gasteiger partial charge in [0.15, 0.2) is 0 Å². The molecule has 0 aromatic rings. The summed E-state index contributed by atoms with van der Waals surface area (Å²) < 4.78 is 25.7. The van der Waals surface area contributed by atoms with Gasteiger partial charge >= 0.3 is 12.6 Å². The largest absolute Gasteiger partial charge is 0.402 e. The number of esters is 1. The average molecular weight is 139 g/mol. The van der Waals surface area contributed by atoms with Crippen molar-refractivity contribution < 1.29 is 18.3 Å². The van der Waals surface area contributed by atoms with Crippen LogP contribution in [0.3, 0.4) is 0 Å². The molecule has 0 aromatic heterocycles. The Hall–Kier alpha value is -0.710. The predicted octanol–water partition coefficient (Wildman–Crippen LogP) is 0.0994. The van der Waals surface area contributed by atoms with Crippen LogP contribution in [0, 0.1) is 0 Å². The number of halogens is 2. The van der Waals surface area contributed by atoms with Gasteiger partial charge in [-0.1, -0.05) is 0 Å². The van der Waals surface area contributed by atoms with E-state index in [9.17, 15) is 13.6 Å². The van der Waals surface area contributed by atoms with Crippen molar-refractivity contribution in [2.45, 2.75) is 19.6 Å². The number of hydrogen-bond acceptors (Lipinski definition) is 3. The second-order valence-electron chi connectivity index (χ2n) is 1.49. The summed E-state index contributed by atoms with van der Waals surface area (Å²) in [5.41, 5.74) is 4.88. The van der Waals surface area contributed by atoms with Crippen LogP contribution in [0.5, 0.6) is 0 Å². The topological polar surface area (TPSA) is 52.3 Å². The van der Waals surface area contributed by atoms with Crippen molar-refractivity contribution in [3.8, 4) is 0 Å². The van der Waals surface area contributed by atoms with Gasteiger partial charge in [-0.05, 0) is 6.92 Å². The molecule has 0 spiro atoms. The lowest BCUT2D eigenvalue weighted by atomic mass is 10.4. The molecule has 0 bridgehead atoms.